The summed E-state index contributed by atoms with van der Waals surface area (Å²) in [5.74, 6) is 1.17. The number of nitrogens with one attached hydrogen (secondary N) is 1. The number of phenols is 1. The van der Waals surface area contributed by atoms with Gasteiger partial charge in [-0.2, -0.15) is 0 Å². The van der Waals surface area contributed by atoms with Crippen LogP contribution >= 0.6 is 0 Å². The van der Waals surface area contributed by atoms with Gasteiger partial charge in [0, 0.05) is 24.5 Å². The topological polar surface area (TPSA) is 62.5 Å². The minimum Gasteiger partial charge on any atom is -0.508 e. The van der Waals surface area contributed by atoms with Crippen LogP contribution in [0.25, 0.3) is 16.9 Å². The van der Waals surface area contributed by atoms with E-state index in [1.165, 1.54) is 5.56 Å². The van der Waals surface area contributed by atoms with Gasteiger partial charge in [0.2, 0.25) is 0 Å². The largest absolute Gasteiger partial charge is 0.508 e. The van der Waals surface area contributed by atoms with Gasteiger partial charge in [-0.1, -0.05) is 30.3 Å². The van der Waals surface area contributed by atoms with Gasteiger partial charge in [0.1, 0.15) is 17.3 Å². The quantitative estimate of drug-likeness (QED) is 0.585. The van der Waals surface area contributed by atoms with Gasteiger partial charge in [0.05, 0.1) is 6.20 Å². The van der Waals surface area contributed by atoms with E-state index in [1.807, 2.05) is 28.8 Å². The van der Waals surface area contributed by atoms with E-state index >= 15 is 0 Å². The summed E-state index contributed by atoms with van der Waals surface area (Å²) in [6, 6.07) is 17.5. The molecule has 0 saturated carbocycles. The summed E-state index contributed by atoms with van der Waals surface area (Å²) < 4.78 is 2.00. The van der Waals surface area contributed by atoms with E-state index in [2.05, 4.69) is 34.6 Å². The van der Waals surface area contributed by atoms with Crippen LogP contribution in [-0.4, -0.2) is 26.0 Å². The van der Waals surface area contributed by atoms with Crippen LogP contribution in [0.15, 0.2) is 73.2 Å². The number of fused-ring (bicyclic) bond motifs is 1. The molecule has 0 fully saturated rings. The van der Waals surface area contributed by atoms with E-state index in [1.54, 1.807) is 24.5 Å². The maximum atomic E-state index is 9.53. The van der Waals surface area contributed by atoms with Crippen molar-refractivity contribution in [2.45, 2.75) is 6.42 Å². The maximum Gasteiger partial charge on any atom is 0.157 e. The molecule has 0 saturated heterocycles. The van der Waals surface area contributed by atoms with Crippen LogP contribution in [0.5, 0.6) is 5.75 Å². The second-order valence-electron chi connectivity index (χ2n) is 5.82. The first-order chi connectivity index (χ1) is 12.3. The number of aromatic nitrogens is 3. The predicted octanol–water partition coefficient (Wildman–Crippen LogP) is 3.76. The molecule has 2 aromatic heterocycles. The lowest BCUT2D eigenvalue weighted by atomic mass is 10.1. The summed E-state index contributed by atoms with van der Waals surface area (Å²) in [6.45, 7) is 0.797. The molecule has 124 valence electrons. The van der Waals surface area contributed by atoms with Crippen LogP contribution in [0, 0.1) is 0 Å². The fourth-order valence-electron chi connectivity index (χ4n) is 2.87. The van der Waals surface area contributed by atoms with Crippen LogP contribution in [0.1, 0.15) is 5.56 Å². The molecule has 0 aliphatic carbocycles. The Morgan fingerprint density at radius 1 is 1.00 bits per heavy atom. The minimum atomic E-state index is 0.243. The molecule has 0 radical (unpaired) electrons. The zero-order chi connectivity index (χ0) is 17.1. The molecule has 0 unspecified atom stereocenters. The van der Waals surface area contributed by atoms with Gasteiger partial charge in [-0.25, -0.2) is 4.98 Å². The molecule has 0 atom stereocenters. The summed E-state index contributed by atoms with van der Waals surface area (Å²) in [7, 11) is 0. The molecule has 4 aromatic rings. The van der Waals surface area contributed by atoms with Gasteiger partial charge in [-0.3, -0.25) is 9.38 Å². The van der Waals surface area contributed by atoms with Crippen molar-refractivity contribution in [1.82, 2.24) is 14.4 Å². The monoisotopic (exact) mass is 330 g/mol. The third-order valence-electron chi connectivity index (χ3n) is 4.12. The summed E-state index contributed by atoms with van der Waals surface area (Å²) >= 11 is 0. The van der Waals surface area contributed by atoms with Crippen molar-refractivity contribution in [2.75, 3.05) is 11.9 Å². The standard InChI is InChI=1S/C20H18N4O/c25-17-8-6-16(7-9-17)19-20(24-13-12-21-14-18(24)23-19)22-11-10-15-4-2-1-3-5-15/h1-9,12-14,22,25H,10-11H2. The molecular weight excluding hydrogens is 312 g/mol. The summed E-state index contributed by atoms with van der Waals surface area (Å²) in [5, 5.41) is 13.0. The van der Waals surface area contributed by atoms with Crippen molar-refractivity contribution >= 4 is 11.5 Å². The van der Waals surface area contributed by atoms with Crippen LogP contribution in [0.3, 0.4) is 0 Å². The van der Waals surface area contributed by atoms with E-state index in [-0.39, 0.29) is 5.75 Å². The lowest BCUT2D eigenvalue weighted by Crippen LogP contribution is -2.07. The highest BCUT2D eigenvalue weighted by molar-refractivity contribution is 5.76. The van der Waals surface area contributed by atoms with Crippen LogP contribution in [-0.2, 0) is 6.42 Å². The SMILES string of the molecule is Oc1ccc(-c2nc3cnccn3c2NCCc2ccccc2)cc1. The Hall–Kier alpha value is -3.34. The Balaban J connectivity index is 1.66. The number of hydrogen-bond donors (Lipinski definition) is 2. The van der Waals surface area contributed by atoms with Gasteiger partial charge >= 0.3 is 0 Å². The Morgan fingerprint density at radius 3 is 2.60 bits per heavy atom. The number of benzene rings is 2. The van der Waals surface area contributed by atoms with Crippen molar-refractivity contribution in [3.63, 3.8) is 0 Å². The predicted molar refractivity (Wildman–Crippen MR) is 98.7 cm³/mol. The molecule has 5 nitrogen and oxygen atoms in total. The third kappa shape index (κ3) is 3.17. The van der Waals surface area contributed by atoms with Gasteiger partial charge in [0.15, 0.2) is 5.65 Å². The molecule has 5 heteroatoms. The molecule has 4 rings (SSSR count). The average molecular weight is 330 g/mol. The first-order valence-electron chi connectivity index (χ1n) is 8.20. The number of phenolic OH excluding ortho intramolecular Hbond substituents is 1. The molecular formula is C20H18N4O. The molecule has 0 aliphatic rings. The highest BCUT2D eigenvalue weighted by Crippen LogP contribution is 2.29. The van der Waals surface area contributed by atoms with Gasteiger partial charge in [-0.05, 0) is 36.2 Å². The zero-order valence-corrected chi connectivity index (χ0v) is 13.6. The maximum absolute atomic E-state index is 9.53. The number of hydrogen-bond acceptors (Lipinski definition) is 4. The molecule has 2 N–H and O–H groups in total. The Morgan fingerprint density at radius 2 is 1.80 bits per heavy atom. The highest BCUT2D eigenvalue weighted by atomic mass is 16.3. The number of rotatable bonds is 5. The molecule has 0 aliphatic heterocycles. The van der Waals surface area contributed by atoms with Gasteiger partial charge < -0.3 is 10.4 Å². The number of imidazole rings is 1. The normalized spacial score (nSPS) is 10.9. The van der Waals surface area contributed by atoms with E-state index < -0.39 is 0 Å². The zero-order valence-electron chi connectivity index (χ0n) is 13.6. The van der Waals surface area contributed by atoms with Crippen molar-refractivity contribution in [3.8, 4) is 17.0 Å². The first-order valence-corrected chi connectivity index (χ1v) is 8.20. The Bertz CT molecular complexity index is 978. The molecule has 2 heterocycles. The Labute approximate surface area is 145 Å². The van der Waals surface area contributed by atoms with Crippen LogP contribution < -0.4 is 5.32 Å². The summed E-state index contributed by atoms with van der Waals surface area (Å²) in [6.07, 6.45) is 6.31. The minimum absolute atomic E-state index is 0.243. The second kappa shape index (κ2) is 6.65. The van der Waals surface area contributed by atoms with Gasteiger partial charge in [-0.15, -0.1) is 0 Å². The molecule has 0 amide bonds. The van der Waals surface area contributed by atoms with E-state index in [9.17, 15) is 5.11 Å². The molecule has 0 bridgehead atoms. The number of aromatic hydroxyl groups is 1. The lowest BCUT2D eigenvalue weighted by Gasteiger charge is -2.09. The van der Waals surface area contributed by atoms with Crippen LogP contribution in [0.2, 0.25) is 0 Å². The lowest BCUT2D eigenvalue weighted by molar-refractivity contribution is 0.475. The molecule has 0 spiro atoms. The average Bonchev–Trinajstić information content (AvgIpc) is 3.02. The molecule has 25 heavy (non-hydrogen) atoms. The van der Waals surface area contributed by atoms with E-state index in [0.29, 0.717) is 0 Å². The fraction of sp³-hybridized carbons (Fsp3) is 0.100. The second-order valence-corrected chi connectivity index (χ2v) is 5.82. The fourth-order valence-corrected chi connectivity index (χ4v) is 2.87. The third-order valence-corrected chi connectivity index (χ3v) is 4.12. The highest BCUT2D eigenvalue weighted by Gasteiger charge is 2.13. The van der Waals surface area contributed by atoms with Crippen molar-refractivity contribution < 1.29 is 5.11 Å². The van der Waals surface area contributed by atoms with Crippen molar-refractivity contribution in [1.29, 1.82) is 0 Å². The number of anilines is 1. The van der Waals surface area contributed by atoms with Crippen LogP contribution in [0.4, 0.5) is 5.82 Å². The number of nitrogens with zero attached hydrogens (tertiary/aromatic N) is 3. The van der Waals surface area contributed by atoms with E-state index in [4.69, 9.17) is 4.98 Å². The smallest absolute Gasteiger partial charge is 0.157 e. The molecule has 2 aromatic carbocycles. The van der Waals surface area contributed by atoms with Gasteiger partial charge in [0.25, 0.3) is 0 Å². The van der Waals surface area contributed by atoms with Crippen molar-refractivity contribution in [2.24, 2.45) is 0 Å². The van der Waals surface area contributed by atoms with Crippen molar-refractivity contribution in [3.05, 3.63) is 78.8 Å². The summed E-state index contributed by atoms with van der Waals surface area (Å²) in [5.41, 5.74) is 3.87. The van der Waals surface area contributed by atoms with E-state index in [0.717, 1.165) is 35.7 Å². The first kappa shape index (κ1) is 15.2. The Kier molecular flexibility index (Phi) is 4.04. The summed E-state index contributed by atoms with van der Waals surface area (Å²) in [4.78, 5) is 8.85.